The zero-order valence-electron chi connectivity index (χ0n) is 11.3. The molecule has 1 aliphatic carbocycles. The van der Waals surface area contributed by atoms with Crippen molar-refractivity contribution in [3.8, 4) is 6.07 Å². The van der Waals surface area contributed by atoms with E-state index in [4.69, 9.17) is 5.73 Å². The highest BCUT2D eigenvalue weighted by Gasteiger charge is 2.39. The number of nitrogens with zero attached hydrogens (tertiary/aromatic N) is 3. The van der Waals surface area contributed by atoms with E-state index in [1.54, 1.807) is 0 Å². The zero-order valence-corrected chi connectivity index (χ0v) is 11.3. The predicted octanol–water partition coefficient (Wildman–Crippen LogP) is 2.42. The molecule has 1 heterocycles. The molecule has 0 saturated heterocycles. The minimum absolute atomic E-state index is 0.324. The van der Waals surface area contributed by atoms with Gasteiger partial charge in [0.15, 0.2) is 0 Å². The molecule has 0 aromatic carbocycles. The molecular weight excluding hydrogens is 224 g/mol. The molecule has 0 spiro atoms. The molecule has 2 atom stereocenters. The monoisotopic (exact) mass is 246 g/mol. The summed E-state index contributed by atoms with van der Waals surface area (Å²) in [6.45, 7) is 5.21. The molecule has 4 heteroatoms. The highest BCUT2D eigenvalue weighted by molar-refractivity contribution is 5.12. The van der Waals surface area contributed by atoms with Gasteiger partial charge in [-0.05, 0) is 25.2 Å². The smallest absolute Gasteiger partial charge is 0.111 e. The van der Waals surface area contributed by atoms with Crippen LogP contribution in [0.15, 0.2) is 12.4 Å². The van der Waals surface area contributed by atoms with Gasteiger partial charge in [-0.15, -0.1) is 0 Å². The highest BCUT2D eigenvalue weighted by Crippen LogP contribution is 2.36. The third kappa shape index (κ3) is 2.41. The third-order valence-corrected chi connectivity index (χ3v) is 4.06. The van der Waals surface area contributed by atoms with E-state index in [1.165, 1.54) is 0 Å². The van der Waals surface area contributed by atoms with Crippen LogP contribution in [0.2, 0.25) is 0 Å². The molecule has 0 bridgehead atoms. The van der Waals surface area contributed by atoms with E-state index in [-0.39, 0.29) is 0 Å². The van der Waals surface area contributed by atoms with Crippen LogP contribution in [0.5, 0.6) is 0 Å². The summed E-state index contributed by atoms with van der Waals surface area (Å²) in [4.78, 5) is 4.38. The van der Waals surface area contributed by atoms with Gasteiger partial charge in [0.05, 0.1) is 6.07 Å². The van der Waals surface area contributed by atoms with Gasteiger partial charge in [0.2, 0.25) is 0 Å². The summed E-state index contributed by atoms with van der Waals surface area (Å²) >= 11 is 0. The molecule has 0 aliphatic heterocycles. The van der Waals surface area contributed by atoms with Crippen molar-refractivity contribution >= 4 is 0 Å². The number of hydrogen-bond acceptors (Lipinski definition) is 3. The number of nitrogens with two attached hydrogens (primary N) is 1. The van der Waals surface area contributed by atoms with Gasteiger partial charge in [0, 0.05) is 24.9 Å². The summed E-state index contributed by atoms with van der Waals surface area (Å²) < 4.78 is 2.20. The second-order valence-electron chi connectivity index (χ2n) is 5.66. The Morgan fingerprint density at radius 3 is 3.11 bits per heavy atom. The maximum absolute atomic E-state index is 9.20. The Hall–Kier alpha value is -1.34. The summed E-state index contributed by atoms with van der Waals surface area (Å²) in [7, 11) is 0. The third-order valence-electron chi connectivity index (χ3n) is 4.06. The first-order chi connectivity index (χ1) is 8.57. The number of aryl methyl sites for hydroxylation is 1. The summed E-state index contributed by atoms with van der Waals surface area (Å²) in [5.74, 6) is 1.87. The van der Waals surface area contributed by atoms with Gasteiger partial charge in [-0.25, -0.2) is 4.98 Å². The van der Waals surface area contributed by atoms with Crippen molar-refractivity contribution in [2.75, 3.05) is 0 Å². The van der Waals surface area contributed by atoms with E-state index >= 15 is 0 Å². The van der Waals surface area contributed by atoms with Gasteiger partial charge < -0.3 is 10.3 Å². The fraction of sp³-hybridized carbons (Fsp3) is 0.714. The Balaban J connectivity index is 2.00. The fourth-order valence-corrected chi connectivity index (χ4v) is 2.96. The second kappa shape index (κ2) is 5.11. The normalized spacial score (nSPS) is 27.6. The topological polar surface area (TPSA) is 67.6 Å². The molecule has 2 unspecified atom stereocenters. The molecule has 1 fully saturated rings. The van der Waals surface area contributed by atoms with Gasteiger partial charge in [-0.3, -0.25) is 0 Å². The average molecular weight is 246 g/mol. The Labute approximate surface area is 109 Å². The quantitative estimate of drug-likeness (QED) is 0.887. The van der Waals surface area contributed by atoms with E-state index < -0.39 is 5.54 Å². The van der Waals surface area contributed by atoms with Crippen LogP contribution in [0.1, 0.15) is 51.3 Å². The second-order valence-corrected chi connectivity index (χ2v) is 5.66. The lowest BCUT2D eigenvalue weighted by molar-refractivity contribution is 0.350. The Kier molecular flexibility index (Phi) is 3.72. The maximum Gasteiger partial charge on any atom is 0.111 e. The average Bonchev–Trinajstić information content (AvgIpc) is 2.93. The largest absolute Gasteiger partial charge is 0.335 e. The standard InChI is InChI=1S/C14H22N4/c1-11(2)13-17-7-9-18(13)8-5-12-4-3-6-14(12,16)10-15/h7,9,11-12H,3-6,8,16H2,1-2H3. The van der Waals surface area contributed by atoms with Crippen molar-refractivity contribution < 1.29 is 0 Å². The molecule has 0 amide bonds. The van der Waals surface area contributed by atoms with Crippen LogP contribution < -0.4 is 5.73 Å². The molecule has 2 rings (SSSR count). The molecule has 1 aliphatic rings. The van der Waals surface area contributed by atoms with Crippen molar-refractivity contribution in [3.63, 3.8) is 0 Å². The number of hydrogen-bond donors (Lipinski definition) is 1. The lowest BCUT2D eigenvalue weighted by Gasteiger charge is -2.24. The molecule has 4 nitrogen and oxygen atoms in total. The van der Waals surface area contributed by atoms with Crippen LogP contribution in [0.3, 0.4) is 0 Å². The molecule has 98 valence electrons. The highest BCUT2D eigenvalue weighted by atomic mass is 15.1. The van der Waals surface area contributed by atoms with E-state index in [9.17, 15) is 5.26 Å². The number of rotatable bonds is 4. The van der Waals surface area contributed by atoms with Crippen molar-refractivity contribution in [1.82, 2.24) is 9.55 Å². The first kappa shape index (κ1) is 13.1. The predicted molar refractivity (Wildman–Crippen MR) is 70.8 cm³/mol. The van der Waals surface area contributed by atoms with Crippen molar-refractivity contribution in [2.24, 2.45) is 11.7 Å². The van der Waals surface area contributed by atoms with Crippen molar-refractivity contribution in [3.05, 3.63) is 18.2 Å². The SMILES string of the molecule is CC(C)c1nccn1CCC1CCCC1(N)C#N. The van der Waals surface area contributed by atoms with Gasteiger partial charge in [-0.1, -0.05) is 20.3 Å². The maximum atomic E-state index is 9.20. The van der Waals surface area contributed by atoms with E-state index in [2.05, 4.69) is 29.5 Å². The van der Waals surface area contributed by atoms with Crippen molar-refractivity contribution in [2.45, 2.75) is 57.5 Å². The first-order valence-electron chi connectivity index (χ1n) is 6.78. The van der Waals surface area contributed by atoms with E-state index in [1.807, 2.05) is 12.4 Å². The van der Waals surface area contributed by atoms with Crippen LogP contribution in [0.4, 0.5) is 0 Å². The van der Waals surface area contributed by atoms with Crippen LogP contribution in [-0.4, -0.2) is 15.1 Å². The van der Waals surface area contributed by atoms with Gasteiger partial charge in [-0.2, -0.15) is 5.26 Å². The lowest BCUT2D eigenvalue weighted by Crippen LogP contribution is -2.42. The molecular formula is C14H22N4. The van der Waals surface area contributed by atoms with Crippen LogP contribution in [0, 0.1) is 17.2 Å². The number of aromatic nitrogens is 2. The fourth-order valence-electron chi connectivity index (χ4n) is 2.96. The Morgan fingerprint density at radius 1 is 1.67 bits per heavy atom. The van der Waals surface area contributed by atoms with Gasteiger partial charge in [0.25, 0.3) is 0 Å². The summed E-state index contributed by atoms with van der Waals surface area (Å²) in [5.41, 5.74) is 5.56. The summed E-state index contributed by atoms with van der Waals surface area (Å²) in [6.07, 6.45) is 7.85. The molecule has 2 N–H and O–H groups in total. The van der Waals surface area contributed by atoms with Crippen molar-refractivity contribution in [1.29, 1.82) is 5.26 Å². The van der Waals surface area contributed by atoms with Gasteiger partial charge >= 0.3 is 0 Å². The van der Waals surface area contributed by atoms with Crippen LogP contribution in [-0.2, 0) is 6.54 Å². The Morgan fingerprint density at radius 2 is 2.44 bits per heavy atom. The van der Waals surface area contributed by atoms with E-state index in [0.717, 1.165) is 38.1 Å². The Bertz CT molecular complexity index is 443. The minimum atomic E-state index is -0.599. The number of imidazole rings is 1. The number of nitriles is 1. The molecule has 0 radical (unpaired) electrons. The minimum Gasteiger partial charge on any atom is -0.335 e. The zero-order chi connectivity index (χ0) is 13.2. The van der Waals surface area contributed by atoms with Gasteiger partial charge in [0.1, 0.15) is 11.4 Å². The molecule has 1 saturated carbocycles. The van der Waals surface area contributed by atoms with Crippen LogP contribution in [0.25, 0.3) is 0 Å². The molecule has 1 aromatic rings. The molecule has 18 heavy (non-hydrogen) atoms. The summed E-state index contributed by atoms with van der Waals surface area (Å²) in [5, 5.41) is 9.20. The first-order valence-corrected chi connectivity index (χ1v) is 6.78. The lowest BCUT2D eigenvalue weighted by atomic mass is 9.87. The van der Waals surface area contributed by atoms with Crippen LogP contribution >= 0.6 is 0 Å². The summed E-state index contributed by atoms with van der Waals surface area (Å²) in [6, 6.07) is 2.31. The van der Waals surface area contributed by atoms with E-state index in [0.29, 0.717) is 11.8 Å². The molecule has 1 aromatic heterocycles.